The van der Waals surface area contributed by atoms with Crippen molar-refractivity contribution in [3.8, 4) is 0 Å². The lowest BCUT2D eigenvalue weighted by molar-refractivity contribution is 0.0257. The number of aliphatic hydroxyl groups is 1. The summed E-state index contributed by atoms with van der Waals surface area (Å²) in [5, 5.41) is 8.65. The summed E-state index contributed by atoms with van der Waals surface area (Å²) in [6.45, 7) is 5.60. The molecule has 0 rings (SSSR count). The Morgan fingerprint density at radius 1 is 1.78 bits per heavy atom. The highest BCUT2D eigenvalue weighted by atomic mass is 16.5. The van der Waals surface area contributed by atoms with E-state index in [4.69, 9.17) is 9.84 Å². The standard InChI is InChI=1S/C7H14O2/c1-4-6(2)7(5-8)9-3/h4,6-8H,1,5H2,2-3H3. The summed E-state index contributed by atoms with van der Waals surface area (Å²) in [4.78, 5) is 0. The Kier molecular flexibility index (Phi) is 4.36. The fourth-order valence-corrected chi connectivity index (χ4v) is 0.607. The number of methoxy groups -OCH3 is 1. The van der Waals surface area contributed by atoms with Gasteiger partial charge in [0.15, 0.2) is 0 Å². The van der Waals surface area contributed by atoms with Crippen LogP contribution < -0.4 is 0 Å². The van der Waals surface area contributed by atoms with Crippen LogP contribution in [-0.2, 0) is 4.74 Å². The van der Waals surface area contributed by atoms with E-state index in [1.165, 1.54) is 0 Å². The first-order valence-electron chi connectivity index (χ1n) is 3.02. The van der Waals surface area contributed by atoms with Crippen LogP contribution in [0.5, 0.6) is 0 Å². The van der Waals surface area contributed by atoms with Crippen LogP contribution in [0.3, 0.4) is 0 Å². The van der Waals surface area contributed by atoms with Crippen molar-refractivity contribution < 1.29 is 9.84 Å². The second-order valence-electron chi connectivity index (χ2n) is 2.05. The largest absolute Gasteiger partial charge is 0.394 e. The van der Waals surface area contributed by atoms with Gasteiger partial charge in [-0.2, -0.15) is 0 Å². The van der Waals surface area contributed by atoms with Crippen molar-refractivity contribution in [2.45, 2.75) is 13.0 Å². The molecule has 0 amide bonds. The van der Waals surface area contributed by atoms with Gasteiger partial charge in [0.05, 0.1) is 12.7 Å². The molecule has 1 N–H and O–H groups in total. The molecule has 2 unspecified atom stereocenters. The minimum Gasteiger partial charge on any atom is -0.394 e. The smallest absolute Gasteiger partial charge is 0.0861 e. The maximum atomic E-state index is 8.65. The highest BCUT2D eigenvalue weighted by molar-refractivity contribution is 4.81. The quantitative estimate of drug-likeness (QED) is 0.571. The third-order valence-electron chi connectivity index (χ3n) is 1.44. The van der Waals surface area contributed by atoms with E-state index in [0.29, 0.717) is 0 Å². The maximum Gasteiger partial charge on any atom is 0.0861 e. The summed E-state index contributed by atoms with van der Waals surface area (Å²) >= 11 is 0. The van der Waals surface area contributed by atoms with Crippen molar-refractivity contribution in [2.24, 2.45) is 5.92 Å². The van der Waals surface area contributed by atoms with Crippen molar-refractivity contribution >= 4 is 0 Å². The molecule has 9 heavy (non-hydrogen) atoms. The predicted molar refractivity (Wildman–Crippen MR) is 37.2 cm³/mol. The summed E-state index contributed by atoms with van der Waals surface area (Å²) in [6.07, 6.45) is 1.67. The molecule has 0 aliphatic rings. The molecule has 0 heterocycles. The molecule has 0 aromatic heterocycles. The lowest BCUT2D eigenvalue weighted by Crippen LogP contribution is -2.22. The Hall–Kier alpha value is -0.340. The van der Waals surface area contributed by atoms with Crippen LogP contribution in [0.25, 0.3) is 0 Å². The lowest BCUT2D eigenvalue weighted by Gasteiger charge is -2.15. The molecule has 0 spiro atoms. The van der Waals surface area contributed by atoms with E-state index >= 15 is 0 Å². The van der Waals surface area contributed by atoms with E-state index in [1.807, 2.05) is 6.92 Å². The molecule has 0 bridgehead atoms. The third kappa shape index (κ3) is 2.63. The fourth-order valence-electron chi connectivity index (χ4n) is 0.607. The average molecular weight is 130 g/mol. The van der Waals surface area contributed by atoms with E-state index in [1.54, 1.807) is 13.2 Å². The zero-order valence-corrected chi connectivity index (χ0v) is 6.00. The van der Waals surface area contributed by atoms with Crippen LogP contribution in [-0.4, -0.2) is 24.9 Å². The van der Waals surface area contributed by atoms with Crippen LogP contribution in [0.2, 0.25) is 0 Å². The first-order chi connectivity index (χ1) is 4.26. The molecule has 2 heteroatoms. The van der Waals surface area contributed by atoms with Gasteiger partial charge in [-0.1, -0.05) is 13.0 Å². The highest BCUT2D eigenvalue weighted by Gasteiger charge is 2.10. The van der Waals surface area contributed by atoms with Crippen LogP contribution >= 0.6 is 0 Å². The van der Waals surface area contributed by atoms with Gasteiger partial charge < -0.3 is 9.84 Å². The SMILES string of the molecule is C=CC(C)C(CO)OC. The van der Waals surface area contributed by atoms with Crippen LogP contribution in [0, 0.1) is 5.92 Å². The third-order valence-corrected chi connectivity index (χ3v) is 1.44. The van der Waals surface area contributed by atoms with Crippen molar-refractivity contribution in [3.05, 3.63) is 12.7 Å². The summed E-state index contributed by atoms with van der Waals surface area (Å²) in [7, 11) is 1.58. The Labute approximate surface area is 56.1 Å². The number of hydrogen-bond acceptors (Lipinski definition) is 2. The highest BCUT2D eigenvalue weighted by Crippen LogP contribution is 2.05. The van der Waals surface area contributed by atoms with Crippen molar-refractivity contribution in [2.75, 3.05) is 13.7 Å². The monoisotopic (exact) mass is 130 g/mol. The topological polar surface area (TPSA) is 29.5 Å². The normalized spacial score (nSPS) is 16.8. The summed E-state index contributed by atoms with van der Waals surface area (Å²) in [6, 6.07) is 0. The first kappa shape index (κ1) is 8.66. The average Bonchev–Trinajstić information content (AvgIpc) is 1.90. The van der Waals surface area contributed by atoms with Gasteiger partial charge in [-0.05, 0) is 0 Å². The Bertz CT molecular complexity index is 77.0. The van der Waals surface area contributed by atoms with Crippen molar-refractivity contribution in [1.29, 1.82) is 0 Å². The zero-order chi connectivity index (χ0) is 7.28. The van der Waals surface area contributed by atoms with Gasteiger partial charge in [0.25, 0.3) is 0 Å². The van der Waals surface area contributed by atoms with Gasteiger partial charge in [0.2, 0.25) is 0 Å². The van der Waals surface area contributed by atoms with E-state index < -0.39 is 0 Å². The Balaban J connectivity index is 3.63. The summed E-state index contributed by atoms with van der Waals surface area (Å²) in [5.74, 6) is 0.222. The van der Waals surface area contributed by atoms with E-state index in [9.17, 15) is 0 Å². The van der Waals surface area contributed by atoms with Gasteiger partial charge in [-0.25, -0.2) is 0 Å². The van der Waals surface area contributed by atoms with Gasteiger partial charge in [0.1, 0.15) is 0 Å². The Morgan fingerprint density at radius 3 is 2.44 bits per heavy atom. The molecule has 0 aliphatic carbocycles. The van der Waals surface area contributed by atoms with Crippen LogP contribution in [0.15, 0.2) is 12.7 Å². The molecule has 0 aromatic carbocycles. The van der Waals surface area contributed by atoms with Crippen molar-refractivity contribution in [1.82, 2.24) is 0 Å². The molecule has 0 aromatic rings. The number of hydrogen-bond donors (Lipinski definition) is 1. The van der Waals surface area contributed by atoms with E-state index in [2.05, 4.69) is 6.58 Å². The summed E-state index contributed by atoms with van der Waals surface area (Å²) < 4.78 is 4.93. The molecule has 0 fully saturated rings. The zero-order valence-electron chi connectivity index (χ0n) is 6.00. The molecule has 2 atom stereocenters. The van der Waals surface area contributed by atoms with Gasteiger partial charge in [-0.3, -0.25) is 0 Å². The van der Waals surface area contributed by atoms with E-state index in [-0.39, 0.29) is 18.6 Å². The molecule has 54 valence electrons. The minimum absolute atomic E-state index is 0.0592. The van der Waals surface area contributed by atoms with Gasteiger partial charge in [0, 0.05) is 13.0 Å². The molecule has 0 radical (unpaired) electrons. The second-order valence-corrected chi connectivity index (χ2v) is 2.05. The van der Waals surface area contributed by atoms with Crippen LogP contribution in [0.4, 0.5) is 0 Å². The molecule has 0 aliphatic heterocycles. The number of ether oxygens (including phenoxy) is 1. The number of rotatable bonds is 4. The molecule has 0 saturated carbocycles. The Morgan fingerprint density at radius 2 is 2.33 bits per heavy atom. The molecular formula is C7H14O2. The van der Waals surface area contributed by atoms with Gasteiger partial charge >= 0.3 is 0 Å². The molecule has 0 saturated heterocycles. The summed E-state index contributed by atoms with van der Waals surface area (Å²) in [5.41, 5.74) is 0. The van der Waals surface area contributed by atoms with E-state index in [0.717, 1.165) is 0 Å². The lowest BCUT2D eigenvalue weighted by atomic mass is 10.1. The molecular weight excluding hydrogens is 116 g/mol. The second kappa shape index (κ2) is 4.53. The number of aliphatic hydroxyl groups excluding tert-OH is 1. The minimum atomic E-state index is -0.0949. The molecule has 2 nitrogen and oxygen atoms in total. The van der Waals surface area contributed by atoms with Crippen LogP contribution in [0.1, 0.15) is 6.92 Å². The van der Waals surface area contributed by atoms with Crippen molar-refractivity contribution in [3.63, 3.8) is 0 Å². The maximum absolute atomic E-state index is 8.65. The predicted octanol–water partition coefficient (Wildman–Crippen LogP) is 0.816. The fraction of sp³-hybridized carbons (Fsp3) is 0.714. The van der Waals surface area contributed by atoms with Gasteiger partial charge in [-0.15, -0.1) is 6.58 Å². The first-order valence-corrected chi connectivity index (χ1v) is 3.02.